The fraction of sp³-hybridized carbons (Fsp3) is 0. The molecule has 3 rings (SSSR count). The SMILES string of the molecule is O=S(=O)(Nc1cccc2cccnc12)c1c(F)cc(F)cc1Br. The Kier molecular flexibility index (Phi) is 4.03. The maximum Gasteiger partial charge on any atom is 0.266 e. The molecule has 0 saturated carbocycles. The van der Waals surface area contributed by atoms with Crippen LogP contribution in [-0.2, 0) is 10.0 Å². The molecule has 2 aromatic carbocycles. The van der Waals surface area contributed by atoms with Crippen molar-refractivity contribution in [1.82, 2.24) is 4.98 Å². The molecule has 8 heteroatoms. The highest BCUT2D eigenvalue weighted by Gasteiger charge is 2.24. The van der Waals surface area contributed by atoms with E-state index in [9.17, 15) is 17.2 Å². The van der Waals surface area contributed by atoms with Crippen molar-refractivity contribution in [3.63, 3.8) is 0 Å². The van der Waals surface area contributed by atoms with Crippen LogP contribution >= 0.6 is 15.9 Å². The molecule has 1 heterocycles. The van der Waals surface area contributed by atoms with E-state index in [-0.39, 0.29) is 10.2 Å². The smallest absolute Gasteiger partial charge is 0.266 e. The van der Waals surface area contributed by atoms with Crippen molar-refractivity contribution in [2.75, 3.05) is 4.72 Å². The Balaban J connectivity index is 2.12. The average molecular weight is 399 g/mol. The van der Waals surface area contributed by atoms with Crippen LogP contribution in [0.1, 0.15) is 0 Å². The largest absolute Gasteiger partial charge is 0.277 e. The van der Waals surface area contributed by atoms with E-state index in [0.717, 1.165) is 11.5 Å². The molecule has 0 spiro atoms. The van der Waals surface area contributed by atoms with Crippen LogP contribution in [0, 0.1) is 11.6 Å². The molecule has 0 fully saturated rings. The molecular weight excluding hydrogens is 390 g/mol. The second kappa shape index (κ2) is 5.86. The summed E-state index contributed by atoms with van der Waals surface area (Å²) in [4.78, 5) is 3.47. The molecule has 0 unspecified atom stereocenters. The minimum absolute atomic E-state index is 0.198. The Labute approximate surface area is 139 Å². The fourth-order valence-corrected chi connectivity index (χ4v) is 4.40. The summed E-state index contributed by atoms with van der Waals surface area (Å²) in [7, 11) is -4.26. The van der Waals surface area contributed by atoms with E-state index in [2.05, 4.69) is 25.6 Å². The van der Waals surface area contributed by atoms with E-state index in [1.807, 2.05) is 0 Å². The van der Waals surface area contributed by atoms with Crippen LogP contribution in [-0.4, -0.2) is 13.4 Å². The van der Waals surface area contributed by atoms with Gasteiger partial charge in [0, 0.05) is 22.1 Å². The highest BCUT2D eigenvalue weighted by atomic mass is 79.9. The molecule has 0 aliphatic heterocycles. The first-order chi connectivity index (χ1) is 10.9. The van der Waals surface area contributed by atoms with Gasteiger partial charge < -0.3 is 0 Å². The maximum atomic E-state index is 13.9. The summed E-state index contributed by atoms with van der Waals surface area (Å²) in [5.41, 5.74) is 0.635. The number of benzene rings is 2. The molecule has 0 atom stereocenters. The molecule has 23 heavy (non-hydrogen) atoms. The van der Waals surface area contributed by atoms with Gasteiger partial charge in [-0.1, -0.05) is 18.2 Å². The monoisotopic (exact) mass is 398 g/mol. The molecule has 0 radical (unpaired) electrons. The van der Waals surface area contributed by atoms with Crippen LogP contribution < -0.4 is 4.72 Å². The Morgan fingerprint density at radius 2 is 1.83 bits per heavy atom. The number of fused-ring (bicyclic) bond motifs is 1. The van der Waals surface area contributed by atoms with E-state index in [1.165, 1.54) is 12.3 Å². The lowest BCUT2D eigenvalue weighted by Crippen LogP contribution is -2.16. The van der Waals surface area contributed by atoms with Gasteiger partial charge in [-0.05, 0) is 34.1 Å². The number of nitrogens with zero attached hydrogens (tertiary/aromatic N) is 1. The van der Waals surface area contributed by atoms with Gasteiger partial charge in [-0.2, -0.15) is 0 Å². The van der Waals surface area contributed by atoms with Gasteiger partial charge in [0.15, 0.2) is 0 Å². The second-order valence-corrected chi connectivity index (χ2v) is 7.16. The van der Waals surface area contributed by atoms with Gasteiger partial charge in [0.25, 0.3) is 10.0 Å². The van der Waals surface area contributed by atoms with Crippen molar-refractivity contribution < 1.29 is 17.2 Å². The Morgan fingerprint density at radius 3 is 2.57 bits per heavy atom. The van der Waals surface area contributed by atoms with Crippen LogP contribution in [0.4, 0.5) is 14.5 Å². The third kappa shape index (κ3) is 3.04. The van der Waals surface area contributed by atoms with Gasteiger partial charge in [0.1, 0.15) is 16.5 Å². The minimum atomic E-state index is -4.26. The Hall–Kier alpha value is -2.06. The number of hydrogen-bond donors (Lipinski definition) is 1. The third-order valence-electron chi connectivity index (χ3n) is 3.11. The summed E-state index contributed by atoms with van der Waals surface area (Å²) in [6.07, 6.45) is 1.52. The molecule has 4 nitrogen and oxygen atoms in total. The number of pyridine rings is 1. The topological polar surface area (TPSA) is 59.1 Å². The predicted molar refractivity (Wildman–Crippen MR) is 86.6 cm³/mol. The quantitative estimate of drug-likeness (QED) is 0.722. The minimum Gasteiger partial charge on any atom is -0.277 e. The van der Waals surface area contributed by atoms with Crippen LogP contribution in [0.5, 0.6) is 0 Å². The van der Waals surface area contributed by atoms with Crippen LogP contribution in [0.3, 0.4) is 0 Å². The van der Waals surface area contributed by atoms with Crippen molar-refractivity contribution in [3.8, 4) is 0 Å². The van der Waals surface area contributed by atoms with Gasteiger partial charge >= 0.3 is 0 Å². The number of halogens is 3. The summed E-state index contributed by atoms with van der Waals surface area (Å²) >= 11 is 2.88. The van der Waals surface area contributed by atoms with Crippen molar-refractivity contribution in [1.29, 1.82) is 0 Å². The Bertz CT molecular complexity index is 981. The van der Waals surface area contributed by atoms with Gasteiger partial charge in [-0.25, -0.2) is 17.2 Å². The zero-order chi connectivity index (χ0) is 16.6. The standard InChI is InChI=1S/C15H9BrF2N2O2S/c16-11-7-10(17)8-12(18)15(11)23(21,22)20-13-5-1-3-9-4-2-6-19-14(9)13/h1-8,20H. The lowest BCUT2D eigenvalue weighted by atomic mass is 10.2. The van der Waals surface area contributed by atoms with Crippen molar-refractivity contribution >= 4 is 42.5 Å². The van der Waals surface area contributed by atoms with Gasteiger partial charge in [-0.3, -0.25) is 9.71 Å². The van der Waals surface area contributed by atoms with E-state index < -0.39 is 26.6 Å². The molecule has 1 aromatic heterocycles. The zero-order valence-electron chi connectivity index (χ0n) is 11.4. The molecule has 0 saturated heterocycles. The lowest BCUT2D eigenvalue weighted by molar-refractivity contribution is 0.548. The Morgan fingerprint density at radius 1 is 1.09 bits per heavy atom. The van der Waals surface area contributed by atoms with E-state index >= 15 is 0 Å². The highest BCUT2D eigenvalue weighted by Crippen LogP contribution is 2.29. The average Bonchev–Trinajstić information content (AvgIpc) is 2.45. The van der Waals surface area contributed by atoms with Gasteiger partial charge in [-0.15, -0.1) is 0 Å². The molecule has 1 N–H and O–H groups in total. The van der Waals surface area contributed by atoms with Gasteiger partial charge in [0.05, 0.1) is 11.2 Å². The lowest BCUT2D eigenvalue weighted by Gasteiger charge is -2.12. The summed E-state index contributed by atoms with van der Waals surface area (Å²) in [6.45, 7) is 0. The van der Waals surface area contributed by atoms with Crippen LogP contribution in [0.25, 0.3) is 10.9 Å². The van der Waals surface area contributed by atoms with Crippen molar-refractivity contribution in [2.45, 2.75) is 4.90 Å². The number of rotatable bonds is 3. The number of hydrogen-bond acceptors (Lipinski definition) is 3. The first kappa shape index (κ1) is 15.8. The van der Waals surface area contributed by atoms with Crippen LogP contribution in [0.2, 0.25) is 0 Å². The third-order valence-corrected chi connectivity index (χ3v) is 5.44. The number of nitrogens with one attached hydrogen (secondary N) is 1. The van der Waals surface area contributed by atoms with E-state index in [1.54, 1.807) is 24.3 Å². The molecule has 0 aliphatic rings. The summed E-state index contributed by atoms with van der Waals surface area (Å²) < 4.78 is 54.1. The molecule has 3 aromatic rings. The first-order valence-corrected chi connectivity index (χ1v) is 8.67. The van der Waals surface area contributed by atoms with Crippen molar-refractivity contribution in [3.05, 3.63) is 64.8 Å². The molecule has 118 valence electrons. The summed E-state index contributed by atoms with van der Waals surface area (Å²) in [6, 6.07) is 9.83. The van der Waals surface area contributed by atoms with Crippen LogP contribution in [0.15, 0.2) is 58.0 Å². The second-order valence-electron chi connectivity index (χ2n) is 4.68. The number of para-hydroxylation sites is 1. The number of aromatic nitrogens is 1. The normalized spacial score (nSPS) is 11.6. The molecule has 0 amide bonds. The summed E-state index contributed by atoms with van der Waals surface area (Å²) in [5, 5.41) is 0.728. The molecule has 0 aliphatic carbocycles. The van der Waals surface area contributed by atoms with Gasteiger partial charge in [0.2, 0.25) is 0 Å². The number of anilines is 1. The predicted octanol–water partition coefficient (Wildman–Crippen LogP) is 4.08. The first-order valence-electron chi connectivity index (χ1n) is 6.39. The van der Waals surface area contributed by atoms with E-state index in [0.29, 0.717) is 11.6 Å². The zero-order valence-corrected chi connectivity index (χ0v) is 13.8. The number of sulfonamides is 1. The molecular formula is C15H9BrF2N2O2S. The fourth-order valence-electron chi connectivity index (χ4n) is 2.17. The maximum absolute atomic E-state index is 13.9. The molecule has 0 bridgehead atoms. The van der Waals surface area contributed by atoms with Crippen molar-refractivity contribution in [2.24, 2.45) is 0 Å². The highest BCUT2D eigenvalue weighted by molar-refractivity contribution is 9.10. The van der Waals surface area contributed by atoms with E-state index in [4.69, 9.17) is 0 Å². The summed E-state index contributed by atoms with van der Waals surface area (Å²) in [5.74, 6) is -2.06.